The Balaban J connectivity index is 4.67. The Kier molecular flexibility index (Phi) is 6.69. The fourth-order valence-electron chi connectivity index (χ4n) is 1.15. The van der Waals surface area contributed by atoms with Gasteiger partial charge in [-0.2, -0.15) is 0 Å². The minimum absolute atomic E-state index is 0.893. The summed E-state index contributed by atoms with van der Waals surface area (Å²) in [6.45, 7) is 10.2. The smallest absolute Gasteiger partial charge is 0.0888 e. The van der Waals surface area contributed by atoms with Crippen LogP contribution in [0.1, 0.15) is 33.6 Å². The van der Waals surface area contributed by atoms with Gasteiger partial charge in [0.05, 0.1) is 5.03 Å². The van der Waals surface area contributed by atoms with Crippen molar-refractivity contribution in [2.24, 2.45) is 4.99 Å². The molecule has 0 N–H and O–H groups in total. The zero-order valence-corrected chi connectivity index (χ0v) is 9.87. The van der Waals surface area contributed by atoms with Gasteiger partial charge < -0.3 is 0 Å². The number of rotatable bonds is 5. The molecular formula is C11H19NS. The zero-order chi connectivity index (χ0) is 10.3. The molecule has 0 aliphatic heterocycles. The van der Waals surface area contributed by atoms with Gasteiger partial charge in [-0.05, 0) is 31.6 Å². The van der Waals surface area contributed by atoms with E-state index in [1.807, 2.05) is 6.26 Å². The van der Waals surface area contributed by atoms with E-state index < -0.39 is 0 Å². The van der Waals surface area contributed by atoms with Crippen LogP contribution >= 0.6 is 11.8 Å². The molecule has 0 aromatic rings. The Morgan fingerprint density at radius 3 is 2.31 bits per heavy atom. The largest absolute Gasteiger partial charge is 0.247 e. The van der Waals surface area contributed by atoms with E-state index in [0.29, 0.717) is 0 Å². The highest BCUT2D eigenvalue weighted by atomic mass is 32.2. The molecule has 0 atom stereocenters. The molecule has 0 amide bonds. The van der Waals surface area contributed by atoms with Crippen molar-refractivity contribution in [2.75, 3.05) is 6.26 Å². The summed E-state index contributed by atoms with van der Waals surface area (Å²) in [5, 5.41) is 0.893. The van der Waals surface area contributed by atoms with Crippen LogP contribution in [0.5, 0.6) is 0 Å². The van der Waals surface area contributed by atoms with E-state index in [4.69, 9.17) is 0 Å². The maximum atomic E-state index is 4.47. The van der Waals surface area contributed by atoms with Crippen LogP contribution in [-0.4, -0.2) is 12.0 Å². The summed E-state index contributed by atoms with van der Waals surface area (Å²) in [5.74, 6) is 0. The highest BCUT2D eigenvalue weighted by Gasteiger charge is 2.01. The van der Waals surface area contributed by atoms with Crippen molar-refractivity contribution in [2.45, 2.75) is 33.6 Å². The van der Waals surface area contributed by atoms with Gasteiger partial charge in [-0.15, -0.1) is 11.8 Å². The summed E-state index contributed by atoms with van der Waals surface area (Å²) in [7, 11) is 0. The second kappa shape index (κ2) is 6.96. The van der Waals surface area contributed by atoms with Crippen molar-refractivity contribution >= 4 is 17.5 Å². The van der Waals surface area contributed by atoms with E-state index in [1.165, 1.54) is 11.3 Å². The maximum Gasteiger partial charge on any atom is 0.0888 e. The molecule has 0 aliphatic rings. The molecule has 0 heterocycles. The van der Waals surface area contributed by atoms with Crippen LogP contribution in [0.25, 0.3) is 0 Å². The standard InChI is InChI=1S/C11H19NS/c1-6-10(7-2)11(8-3)12-9(4)13-5/h6H,4,7-8H2,1-3,5H3/b10-6-,12-11-. The average Bonchev–Trinajstić information content (AvgIpc) is 2.17. The topological polar surface area (TPSA) is 12.4 Å². The molecule has 0 bridgehead atoms. The fourth-order valence-corrected chi connectivity index (χ4v) is 1.35. The van der Waals surface area contributed by atoms with E-state index in [1.54, 1.807) is 11.8 Å². The van der Waals surface area contributed by atoms with Crippen LogP contribution in [0.4, 0.5) is 0 Å². The van der Waals surface area contributed by atoms with E-state index in [2.05, 4.69) is 38.4 Å². The molecule has 0 aromatic carbocycles. The van der Waals surface area contributed by atoms with Crippen LogP contribution in [0.2, 0.25) is 0 Å². The quantitative estimate of drug-likeness (QED) is 0.606. The Labute approximate surface area is 86.0 Å². The predicted molar refractivity (Wildman–Crippen MR) is 64.4 cm³/mol. The van der Waals surface area contributed by atoms with Gasteiger partial charge in [0.25, 0.3) is 0 Å². The Bertz CT molecular complexity index is 226. The van der Waals surface area contributed by atoms with Crippen LogP contribution in [-0.2, 0) is 0 Å². The van der Waals surface area contributed by atoms with Gasteiger partial charge >= 0.3 is 0 Å². The van der Waals surface area contributed by atoms with Crippen molar-refractivity contribution in [1.82, 2.24) is 0 Å². The monoisotopic (exact) mass is 197 g/mol. The lowest BCUT2D eigenvalue weighted by Gasteiger charge is -2.06. The van der Waals surface area contributed by atoms with Gasteiger partial charge in [0.1, 0.15) is 0 Å². The van der Waals surface area contributed by atoms with Crippen LogP contribution < -0.4 is 0 Å². The first-order valence-electron chi connectivity index (χ1n) is 4.65. The number of allylic oxidation sites excluding steroid dienone is 2. The first-order chi connectivity index (χ1) is 6.19. The predicted octanol–water partition coefficient (Wildman–Crippen LogP) is 4.03. The van der Waals surface area contributed by atoms with Crippen molar-refractivity contribution in [3.05, 3.63) is 23.3 Å². The lowest BCUT2D eigenvalue weighted by atomic mass is 10.1. The minimum atomic E-state index is 0.893. The highest BCUT2D eigenvalue weighted by Crippen LogP contribution is 2.15. The molecule has 0 aliphatic carbocycles. The molecule has 0 fully saturated rings. The van der Waals surface area contributed by atoms with E-state index >= 15 is 0 Å². The highest BCUT2D eigenvalue weighted by molar-refractivity contribution is 8.02. The molecule has 0 aromatic heterocycles. The van der Waals surface area contributed by atoms with E-state index in [0.717, 1.165) is 17.9 Å². The summed E-state index contributed by atoms with van der Waals surface area (Å²) < 4.78 is 0. The van der Waals surface area contributed by atoms with Crippen LogP contribution in [0.3, 0.4) is 0 Å². The second-order valence-corrected chi connectivity index (χ2v) is 3.56. The van der Waals surface area contributed by atoms with Gasteiger partial charge in [-0.25, -0.2) is 4.99 Å². The maximum absolute atomic E-state index is 4.47. The molecular weight excluding hydrogens is 178 g/mol. The summed E-state index contributed by atoms with van der Waals surface area (Å²) in [6, 6.07) is 0. The molecule has 2 heteroatoms. The molecule has 13 heavy (non-hydrogen) atoms. The summed E-state index contributed by atoms with van der Waals surface area (Å²) in [5.41, 5.74) is 2.50. The van der Waals surface area contributed by atoms with E-state index in [-0.39, 0.29) is 0 Å². The number of hydrogen-bond donors (Lipinski definition) is 0. The van der Waals surface area contributed by atoms with E-state index in [9.17, 15) is 0 Å². The van der Waals surface area contributed by atoms with Crippen molar-refractivity contribution in [1.29, 1.82) is 0 Å². The minimum Gasteiger partial charge on any atom is -0.247 e. The summed E-state index contributed by atoms with van der Waals surface area (Å²) in [6.07, 6.45) is 6.16. The molecule has 1 nitrogen and oxygen atoms in total. The fraction of sp³-hybridized carbons (Fsp3) is 0.545. The van der Waals surface area contributed by atoms with Crippen LogP contribution in [0.15, 0.2) is 28.2 Å². The normalized spacial score (nSPS) is 13.2. The lowest BCUT2D eigenvalue weighted by molar-refractivity contribution is 1.12. The van der Waals surface area contributed by atoms with Crippen LogP contribution in [0, 0.1) is 0 Å². The molecule has 0 rings (SSSR count). The number of thioether (sulfide) groups is 1. The van der Waals surface area contributed by atoms with Gasteiger partial charge in [-0.1, -0.05) is 26.5 Å². The molecule has 0 saturated carbocycles. The Hall–Kier alpha value is -0.500. The SMILES string of the molecule is C=C(/N=C(CC)\C(=C/C)CC)SC. The Morgan fingerprint density at radius 2 is 2.00 bits per heavy atom. The van der Waals surface area contributed by atoms with Crippen molar-refractivity contribution < 1.29 is 0 Å². The van der Waals surface area contributed by atoms with Crippen molar-refractivity contribution in [3.8, 4) is 0 Å². The summed E-state index contributed by atoms with van der Waals surface area (Å²) in [4.78, 5) is 4.47. The Morgan fingerprint density at radius 1 is 1.38 bits per heavy atom. The van der Waals surface area contributed by atoms with Gasteiger partial charge in [-0.3, -0.25) is 0 Å². The average molecular weight is 197 g/mol. The number of hydrogen-bond acceptors (Lipinski definition) is 2. The van der Waals surface area contributed by atoms with Gasteiger partial charge in [0, 0.05) is 5.71 Å². The van der Waals surface area contributed by atoms with Gasteiger partial charge in [0.15, 0.2) is 0 Å². The first-order valence-corrected chi connectivity index (χ1v) is 5.88. The zero-order valence-electron chi connectivity index (χ0n) is 9.05. The third-order valence-corrected chi connectivity index (χ3v) is 2.49. The molecule has 0 spiro atoms. The molecule has 0 saturated heterocycles. The lowest BCUT2D eigenvalue weighted by Crippen LogP contribution is -2.00. The number of aliphatic imine (C=N–C) groups is 1. The van der Waals surface area contributed by atoms with Crippen molar-refractivity contribution in [3.63, 3.8) is 0 Å². The third-order valence-electron chi connectivity index (χ3n) is 1.93. The van der Waals surface area contributed by atoms with Gasteiger partial charge in [0.2, 0.25) is 0 Å². The molecule has 74 valence electrons. The third kappa shape index (κ3) is 4.32. The first kappa shape index (κ1) is 12.5. The second-order valence-electron chi connectivity index (χ2n) is 2.68. The molecule has 0 radical (unpaired) electrons. The molecule has 0 unspecified atom stereocenters. The summed E-state index contributed by atoms with van der Waals surface area (Å²) >= 11 is 1.60. The number of nitrogens with zero attached hydrogens (tertiary/aromatic N) is 1.